The number of hydrogen-bond donors (Lipinski definition) is 0. The molecule has 0 radical (unpaired) electrons. The maximum Gasteiger partial charge on any atom is 0.179 e. The summed E-state index contributed by atoms with van der Waals surface area (Å²) in [5.41, 5.74) is 1.64. The van der Waals surface area contributed by atoms with Crippen LogP contribution in [0.15, 0.2) is 35.5 Å². The Morgan fingerprint density at radius 3 is 2.13 bits per heavy atom. The first kappa shape index (κ1) is 13.6. The predicted molar refractivity (Wildman–Crippen MR) is 60.1 cm³/mol. The van der Waals surface area contributed by atoms with Gasteiger partial charge in [0.2, 0.25) is 0 Å². The molecule has 3 heteroatoms. The van der Waals surface area contributed by atoms with Crippen LogP contribution in [0.3, 0.4) is 0 Å². The zero-order valence-electron chi connectivity index (χ0n) is 9.65. The molecule has 0 aliphatic heterocycles. The fourth-order valence-electron chi connectivity index (χ4n) is 0.991. The molecule has 0 aromatic rings. The van der Waals surface area contributed by atoms with Crippen LogP contribution < -0.4 is 0 Å². The van der Waals surface area contributed by atoms with E-state index < -0.39 is 0 Å². The Kier molecular flexibility index (Phi) is 7.25. The lowest BCUT2D eigenvalue weighted by molar-refractivity contribution is -0.0746. The van der Waals surface area contributed by atoms with Crippen LogP contribution in [0.4, 0.5) is 0 Å². The van der Waals surface area contributed by atoms with Crippen LogP contribution >= 0.6 is 0 Å². The maximum atomic E-state index is 8.50. The van der Waals surface area contributed by atoms with Crippen molar-refractivity contribution in [3.05, 3.63) is 35.5 Å². The molecule has 0 bridgehead atoms. The van der Waals surface area contributed by atoms with Gasteiger partial charge in [0, 0.05) is 19.8 Å². The van der Waals surface area contributed by atoms with Gasteiger partial charge >= 0.3 is 0 Å². The number of nitrogens with zero attached hydrogens (tertiary/aromatic N) is 1. The first-order valence-corrected chi connectivity index (χ1v) is 4.63. The summed E-state index contributed by atoms with van der Waals surface area (Å²) in [7, 11) is 3.18. The summed E-state index contributed by atoms with van der Waals surface area (Å²) in [6.07, 6.45) is 6.98. The van der Waals surface area contributed by atoms with E-state index >= 15 is 0 Å². The molecule has 0 N–H and O–H groups in total. The van der Waals surface area contributed by atoms with Crippen molar-refractivity contribution in [1.82, 2.24) is 0 Å². The molecular formula is C12H17NO2. The Morgan fingerprint density at radius 2 is 1.67 bits per heavy atom. The van der Waals surface area contributed by atoms with E-state index in [0.717, 1.165) is 5.57 Å². The third-order valence-electron chi connectivity index (χ3n) is 1.79. The molecule has 0 aliphatic rings. The molecule has 0 saturated heterocycles. The van der Waals surface area contributed by atoms with E-state index in [4.69, 9.17) is 14.7 Å². The summed E-state index contributed by atoms with van der Waals surface area (Å²) < 4.78 is 10.1. The van der Waals surface area contributed by atoms with Crippen LogP contribution in [-0.4, -0.2) is 20.5 Å². The van der Waals surface area contributed by atoms with Crippen LogP contribution in [-0.2, 0) is 9.47 Å². The number of methoxy groups -OCH3 is 2. The van der Waals surface area contributed by atoms with E-state index in [1.54, 1.807) is 27.2 Å². The Morgan fingerprint density at radius 1 is 1.13 bits per heavy atom. The topological polar surface area (TPSA) is 42.2 Å². The molecule has 82 valence electrons. The van der Waals surface area contributed by atoms with Gasteiger partial charge in [0.05, 0.1) is 6.07 Å². The quantitative estimate of drug-likeness (QED) is 0.395. The Hall–Kier alpha value is -1.37. The summed E-state index contributed by atoms with van der Waals surface area (Å²) in [6, 6.07) is 2.04. The summed E-state index contributed by atoms with van der Waals surface area (Å²) in [5, 5.41) is 8.50. The molecule has 0 spiro atoms. The van der Waals surface area contributed by atoms with Crippen molar-refractivity contribution >= 4 is 0 Å². The molecule has 3 nitrogen and oxygen atoms in total. The summed E-state index contributed by atoms with van der Waals surface area (Å²) in [5.74, 6) is 0. The third-order valence-corrected chi connectivity index (χ3v) is 1.79. The molecule has 0 saturated carbocycles. The molecule has 0 unspecified atom stereocenters. The standard InChI is InChI=1S/C12H17NO2/c1-10(9-13)7-5-6-8-11(2)12(14-3)15-4/h5-8,12H,1-4H3. The van der Waals surface area contributed by atoms with E-state index in [9.17, 15) is 0 Å². The van der Waals surface area contributed by atoms with Crippen molar-refractivity contribution in [3.63, 3.8) is 0 Å². The normalized spacial score (nSPS) is 13.6. The van der Waals surface area contributed by atoms with Crippen molar-refractivity contribution in [3.8, 4) is 6.07 Å². The molecule has 0 aromatic carbocycles. The van der Waals surface area contributed by atoms with Crippen LogP contribution in [0.2, 0.25) is 0 Å². The van der Waals surface area contributed by atoms with E-state index in [0.29, 0.717) is 5.57 Å². The molecule has 0 heterocycles. The minimum atomic E-state index is -0.310. The molecule has 0 atom stereocenters. The van der Waals surface area contributed by atoms with Crippen molar-refractivity contribution in [2.45, 2.75) is 20.1 Å². The molecule has 0 rings (SSSR count). The highest BCUT2D eigenvalue weighted by Gasteiger charge is 2.04. The average Bonchev–Trinajstić information content (AvgIpc) is 2.25. The van der Waals surface area contributed by atoms with E-state index in [2.05, 4.69) is 0 Å². The number of hydrogen-bond acceptors (Lipinski definition) is 3. The second-order valence-electron chi connectivity index (χ2n) is 3.06. The molecule has 0 aromatic heterocycles. The van der Waals surface area contributed by atoms with E-state index in [1.807, 2.05) is 31.2 Å². The zero-order chi connectivity index (χ0) is 11.7. The van der Waals surface area contributed by atoms with Crippen molar-refractivity contribution in [2.24, 2.45) is 0 Å². The van der Waals surface area contributed by atoms with Gasteiger partial charge in [-0.2, -0.15) is 5.26 Å². The minimum absolute atomic E-state index is 0.310. The van der Waals surface area contributed by atoms with Gasteiger partial charge in [-0.25, -0.2) is 0 Å². The van der Waals surface area contributed by atoms with Crippen LogP contribution in [0.1, 0.15) is 13.8 Å². The highest BCUT2D eigenvalue weighted by Crippen LogP contribution is 2.05. The lowest BCUT2D eigenvalue weighted by Gasteiger charge is -2.12. The maximum absolute atomic E-state index is 8.50. The van der Waals surface area contributed by atoms with Crippen LogP contribution in [0.25, 0.3) is 0 Å². The van der Waals surface area contributed by atoms with Crippen LogP contribution in [0, 0.1) is 11.3 Å². The lowest BCUT2D eigenvalue weighted by Crippen LogP contribution is -2.13. The minimum Gasteiger partial charge on any atom is -0.352 e. The summed E-state index contributed by atoms with van der Waals surface area (Å²) in [6.45, 7) is 3.68. The third kappa shape index (κ3) is 5.84. The van der Waals surface area contributed by atoms with Gasteiger partial charge in [0.15, 0.2) is 6.29 Å². The van der Waals surface area contributed by atoms with Gasteiger partial charge in [0.1, 0.15) is 0 Å². The molecule has 0 aliphatic carbocycles. The zero-order valence-corrected chi connectivity index (χ0v) is 9.65. The lowest BCUT2D eigenvalue weighted by atomic mass is 10.2. The van der Waals surface area contributed by atoms with Crippen LogP contribution in [0.5, 0.6) is 0 Å². The summed E-state index contributed by atoms with van der Waals surface area (Å²) in [4.78, 5) is 0. The van der Waals surface area contributed by atoms with Gasteiger partial charge in [-0.05, 0) is 25.5 Å². The monoisotopic (exact) mass is 207 g/mol. The second kappa shape index (κ2) is 7.98. The fourth-order valence-corrected chi connectivity index (χ4v) is 0.991. The number of allylic oxidation sites excluding steroid dienone is 5. The van der Waals surface area contributed by atoms with Crippen molar-refractivity contribution in [2.75, 3.05) is 14.2 Å². The van der Waals surface area contributed by atoms with Crippen molar-refractivity contribution in [1.29, 1.82) is 5.26 Å². The van der Waals surface area contributed by atoms with E-state index in [1.165, 1.54) is 0 Å². The van der Waals surface area contributed by atoms with Gasteiger partial charge in [-0.1, -0.05) is 18.2 Å². The first-order valence-electron chi connectivity index (χ1n) is 4.63. The Balaban J connectivity index is 4.34. The molecular weight excluding hydrogens is 190 g/mol. The number of rotatable bonds is 5. The van der Waals surface area contributed by atoms with Gasteiger partial charge in [-0.15, -0.1) is 0 Å². The first-order chi connectivity index (χ1) is 7.15. The second-order valence-corrected chi connectivity index (χ2v) is 3.06. The fraction of sp³-hybridized carbons (Fsp3) is 0.417. The molecule has 15 heavy (non-hydrogen) atoms. The molecule has 0 fully saturated rings. The average molecular weight is 207 g/mol. The summed E-state index contributed by atoms with van der Waals surface area (Å²) >= 11 is 0. The van der Waals surface area contributed by atoms with Crippen molar-refractivity contribution < 1.29 is 9.47 Å². The smallest absolute Gasteiger partial charge is 0.179 e. The van der Waals surface area contributed by atoms with Gasteiger partial charge in [-0.3, -0.25) is 0 Å². The van der Waals surface area contributed by atoms with Gasteiger partial charge in [0.25, 0.3) is 0 Å². The predicted octanol–water partition coefficient (Wildman–Crippen LogP) is 2.58. The number of ether oxygens (including phenoxy) is 2. The number of nitriles is 1. The Bertz CT molecular complexity index is 304. The van der Waals surface area contributed by atoms with Gasteiger partial charge < -0.3 is 9.47 Å². The van der Waals surface area contributed by atoms with E-state index in [-0.39, 0.29) is 6.29 Å². The highest BCUT2D eigenvalue weighted by atomic mass is 16.7. The molecule has 0 amide bonds. The highest BCUT2D eigenvalue weighted by molar-refractivity contribution is 5.25. The largest absolute Gasteiger partial charge is 0.352 e. The Labute approximate surface area is 91.3 Å². The SMILES string of the molecule is COC(OC)C(C)=CC=CC=C(C)C#N.